The van der Waals surface area contributed by atoms with E-state index in [1.165, 1.54) is 17.7 Å². The molecule has 4 heteroatoms. The molecule has 0 bridgehead atoms. The summed E-state index contributed by atoms with van der Waals surface area (Å²) in [5.41, 5.74) is 1.52. The van der Waals surface area contributed by atoms with E-state index in [1.54, 1.807) is 0 Å². The van der Waals surface area contributed by atoms with E-state index in [0.29, 0.717) is 6.42 Å². The monoisotopic (exact) mass is 377 g/mol. The van der Waals surface area contributed by atoms with Gasteiger partial charge < -0.3 is 10.0 Å². The largest absolute Gasteiger partial charge is 0.389 e. The quantitative estimate of drug-likeness (QED) is 0.791. The topological polar surface area (TPSA) is 23.5 Å². The van der Waals surface area contributed by atoms with E-state index in [-0.39, 0.29) is 30.2 Å². The second-order valence-corrected chi connectivity index (χ2v) is 7.58. The highest BCUT2D eigenvalue weighted by Gasteiger charge is 2.44. The molecule has 2 aromatic rings. The SMILES string of the molecule is CN(C)C(c1ccc(F)cc1)C1CCCCC1(O)Cc1ccccc1.Cl. The smallest absolute Gasteiger partial charge is 0.123 e. The number of rotatable bonds is 5. The van der Waals surface area contributed by atoms with Gasteiger partial charge in [-0.15, -0.1) is 12.4 Å². The maximum absolute atomic E-state index is 13.4. The summed E-state index contributed by atoms with van der Waals surface area (Å²) in [6.07, 6.45) is 4.67. The van der Waals surface area contributed by atoms with Crippen molar-refractivity contribution < 1.29 is 9.50 Å². The molecular formula is C22H29ClFNO. The average molecular weight is 378 g/mol. The summed E-state index contributed by atoms with van der Waals surface area (Å²) in [6, 6.07) is 17.1. The Balaban J connectivity index is 0.00000243. The number of hydrogen-bond acceptors (Lipinski definition) is 2. The maximum atomic E-state index is 13.4. The number of halogens is 2. The van der Waals surface area contributed by atoms with Crippen LogP contribution >= 0.6 is 12.4 Å². The Kier molecular flexibility index (Phi) is 7.22. The first-order chi connectivity index (χ1) is 12.0. The maximum Gasteiger partial charge on any atom is 0.123 e. The molecule has 1 fully saturated rings. The molecule has 0 spiro atoms. The lowest BCUT2D eigenvalue weighted by atomic mass is 9.67. The fraction of sp³-hybridized carbons (Fsp3) is 0.455. The van der Waals surface area contributed by atoms with Crippen molar-refractivity contribution in [2.45, 2.75) is 43.7 Å². The van der Waals surface area contributed by atoms with Crippen molar-refractivity contribution in [3.8, 4) is 0 Å². The number of benzene rings is 2. The van der Waals surface area contributed by atoms with Crippen LogP contribution in [-0.2, 0) is 6.42 Å². The Morgan fingerprint density at radius 1 is 1.08 bits per heavy atom. The zero-order chi connectivity index (χ0) is 17.9. The number of nitrogens with zero attached hydrogens (tertiary/aromatic N) is 1. The average Bonchev–Trinajstić information content (AvgIpc) is 2.59. The van der Waals surface area contributed by atoms with Crippen LogP contribution in [0.5, 0.6) is 0 Å². The van der Waals surface area contributed by atoms with E-state index >= 15 is 0 Å². The summed E-state index contributed by atoms with van der Waals surface area (Å²) in [4.78, 5) is 2.17. The predicted octanol–water partition coefficient (Wildman–Crippen LogP) is 5.01. The number of aliphatic hydroxyl groups is 1. The Labute approximate surface area is 162 Å². The Hall–Kier alpha value is -1.42. The van der Waals surface area contributed by atoms with Gasteiger partial charge in [0.25, 0.3) is 0 Å². The Morgan fingerprint density at radius 3 is 2.35 bits per heavy atom. The molecule has 1 aliphatic rings. The third kappa shape index (κ3) is 4.64. The van der Waals surface area contributed by atoms with Crippen molar-refractivity contribution in [3.05, 3.63) is 71.5 Å². The second-order valence-electron chi connectivity index (χ2n) is 7.58. The van der Waals surface area contributed by atoms with Crippen LogP contribution in [0.15, 0.2) is 54.6 Å². The van der Waals surface area contributed by atoms with E-state index in [9.17, 15) is 9.50 Å². The highest BCUT2D eigenvalue weighted by molar-refractivity contribution is 5.85. The van der Waals surface area contributed by atoms with Gasteiger partial charge in [-0.25, -0.2) is 4.39 Å². The predicted molar refractivity (Wildman–Crippen MR) is 107 cm³/mol. The van der Waals surface area contributed by atoms with E-state index in [1.807, 2.05) is 44.4 Å². The molecule has 26 heavy (non-hydrogen) atoms. The minimum atomic E-state index is -0.733. The molecule has 3 rings (SSSR count). The molecule has 0 aromatic heterocycles. The van der Waals surface area contributed by atoms with Gasteiger partial charge in [-0.1, -0.05) is 55.3 Å². The third-order valence-corrected chi connectivity index (χ3v) is 5.57. The molecule has 0 amide bonds. The van der Waals surface area contributed by atoms with E-state index < -0.39 is 5.60 Å². The van der Waals surface area contributed by atoms with Gasteiger partial charge in [-0.05, 0) is 50.2 Å². The van der Waals surface area contributed by atoms with Crippen LogP contribution in [0.25, 0.3) is 0 Å². The van der Waals surface area contributed by atoms with Gasteiger partial charge in [-0.2, -0.15) is 0 Å². The summed E-state index contributed by atoms with van der Waals surface area (Å²) in [7, 11) is 4.09. The summed E-state index contributed by atoms with van der Waals surface area (Å²) in [5, 5.41) is 11.6. The van der Waals surface area contributed by atoms with Gasteiger partial charge in [0.2, 0.25) is 0 Å². The van der Waals surface area contributed by atoms with Crippen molar-refractivity contribution >= 4 is 12.4 Å². The fourth-order valence-electron chi connectivity index (χ4n) is 4.42. The molecule has 1 N–H and O–H groups in total. The molecule has 142 valence electrons. The molecule has 1 saturated carbocycles. The molecule has 0 saturated heterocycles. The van der Waals surface area contributed by atoms with Crippen molar-refractivity contribution in [1.82, 2.24) is 4.90 Å². The Bertz CT molecular complexity index is 676. The van der Waals surface area contributed by atoms with Crippen molar-refractivity contribution in [2.24, 2.45) is 5.92 Å². The van der Waals surface area contributed by atoms with E-state index in [0.717, 1.165) is 31.2 Å². The molecule has 2 aromatic carbocycles. The normalized spacial score (nSPS) is 24.1. The van der Waals surface area contributed by atoms with Gasteiger partial charge in [0.05, 0.1) is 5.60 Å². The van der Waals surface area contributed by atoms with Gasteiger partial charge in [0.1, 0.15) is 5.82 Å². The number of hydrogen-bond donors (Lipinski definition) is 1. The lowest BCUT2D eigenvalue weighted by Gasteiger charge is -2.46. The molecule has 0 radical (unpaired) electrons. The highest BCUT2D eigenvalue weighted by atomic mass is 35.5. The molecular weight excluding hydrogens is 349 g/mol. The minimum Gasteiger partial charge on any atom is -0.389 e. The van der Waals surface area contributed by atoms with Crippen LogP contribution in [0.1, 0.15) is 42.9 Å². The molecule has 0 heterocycles. The van der Waals surface area contributed by atoms with Crippen LogP contribution in [-0.4, -0.2) is 29.7 Å². The van der Waals surface area contributed by atoms with Gasteiger partial charge in [0, 0.05) is 18.4 Å². The molecule has 1 aliphatic carbocycles. The van der Waals surface area contributed by atoms with Gasteiger partial charge in [-0.3, -0.25) is 0 Å². The summed E-state index contributed by atoms with van der Waals surface area (Å²) in [6.45, 7) is 0. The standard InChI is InChI=1S/C22H28FNO.ClH/c1-24(2)21(18-11-13-19(23)14-12-18)20-10-6-7-15-22(20,25)16-17-8-4-3-5-9-17;/h3-5,8-9,11-14,20-21,25H,6-7,10,15-16H2,1-2H3;1H. The molecule has 3 unspecified atom stereocenters. The van der Waals surface area contributed by atoms with E-state index in [2.05, 4.69) is 17.0 Å². The highest BCUT2D eigenvalue weighted by Crippen LogP contribution is 2.45. The fourth-order valence-corrected chi connectivity index (χ4v) is 4.42. The molecule has 2 nitrogen and oxygen atoms in total. The van der Waals surface area contributed by atoms with Crippen LogP contribution in [0.3, 0.4) is 0 Å². The van der Waals surface area contributed by atoms with Gasteiger partial charge >= 0.3 is 0 Å². The summed E-state index contributed by atoms with van der Waals surface area (Å²) >= 11 is 0. The minimum absolute atomic E-state index is 0. The zero-order valence-corrected chi connectivity index (χ0v) is 16.4. The molecule has 0 aliphatic heterocycles. The lowest BCUT2D eigenvalue weighted by Crippen LogP contribution is -2.48. The van der Waals surface area contributed by atoms with Crippen molar-refractivity contribution in [3.63, 3.8) is 0 Å². The first-order valence-electron chi connectivity index (χ1n) is 9.18. The van der Waals surface area contributed by atoms with Crippen LogP contribution in [0.2, 0.25) is 0 Å². The van der Waals surface area contributed by atoms with Gasteiger partial charge in [0.15, 0.2) is 0 Å². The summed E-state index contributed by atoms with van der Waals surface area (Å²) < 4.78 is 13.4. The van der Waals surface area contributed by atoms with Crippen LogP contribution in [0.4, 0.5) is 4.39 Å². The van der Waals surface area contributed by atoms with Crippen LogP contribution < -0.4 is 0 Å². The third-order valence-electron chi connectivity index (χ3n) is 5.57. The molecule has 3 atom stereocenters. The van der Waals surface area contributed by atoms with Crippen molar-refractivity contribution in [1.29, 1.82) is 0 Å². The first-order valence-corrected chi connectivity index (χ1v) is 9.18. The van der Waals surface area contributed by atoms with E-state index in [4.69, 9.17) is 0 Å². The van der Waals surface area contributed by atoms with Crippen molar-refractivity contribution in [2.75, 3.05) is 14.1 Å². The Morgan fingerprint density at radius 2 is 1.73 bits per heavy atom. The summed E-state index contributed by atoms with van der Waals surface area (Å²) in [5.74, 6) is -0.0913. The first kappa shape index (κ1) is 20.9. The van der Waals surface area contributed by atoms with Crippen LogP contribution in [0, 0.1) is 11.7 Å². The second kappa shape index (κ2) is 8.98. The lowest BCUT2D eigenvalue weighted by molar-refractivity contribution is -0.0770. The zero-order valence-electron chi connectivity index (χ0n) is 15.6.